The lowest BCUT2D eigenvalue weighted by Crippen LogP contribution is -2.46. The van der Waals surface area contributed by atoms with Crippen molar-refractivity contribution in [2.24, 2.45) is 0 Å². The molecule has 0 radical (unpaired) electrons. The zero-order valence-corrected chi connectivity index (χ0v) is 11.1. The Labute approximate surface area is 116 Å². The molecule has 6 heteroatoms. The minimum Gasteiger partial charge on any atom is -0.478 e. The molecule has 6 nitrogen and oxygen atoms in total. The highest BCUT2D eigenvalue weighted by Crippen LogP contribution is 2.19. The Morgan fingerprint density at radius 3 is 3.00 bits per heavy atom. The van der Waals surface area contributed by atoms with Crippen LogP contribution in [0, 0.1) is 0 Å². The molecule has 1 aliphatic rings. The topological polar surface area (TPSA) is 88.5 Å². The monoisotopic (exact) mass is 276 g/mol. The molecule has 2 heterocycles. The first-order valence-corrected chi connectivity index (χ1v) is 6.25. The lowest BCUT2D eigenvalue weighted by Gasteiger charge is -2.23. The fourth-order valence-electron chi connectivity index (χ4n) is 2.01. The summed E-state index contributed by atoms with van der Waals surface area (Å²) in [5.74, 6) is -1.33. The Balaban J connectivity index is 2.19. The largest absolute Gasteiger partial charge is 0.478 e. The average Bonchev–Trinajstić information content (AvgIpc) is 2.83. The number of aliphatic carboxylic acids is 1. The molecule has 1 atom stereocenters. The van der Waals surface area contributed by atoms with Gasteiger partial charge in [0.05, 0.1) is 12.1 Å². The van der Waals surface area contributed by atoms with Gasteiger partial charge in [-0.2, -0.15) is 0 Å². The summed E-state index contributed by atoms with van der Waals surface area (Å²) in [4.78, 5) is 26.8. The summed E-state index contributed by atoms with van der Waals surface area (Å²) in [5.41, 5.74) is 0.481. The zero-order chi connectivity index (χ0) is 14.6. The summed E-state index contributed by atoms with van der Waals surface area (Å²) in [6, 6.07) is 1.57. The fraction of sp³-hybridized carbons (Fsp3) is 0.357. The minimum absolute atomic E-state index is 0.259. The number of rotatable bonds is 4. The van der Waals surface area contributed by atoms with Gasteiger partial charge in [-0.05, 0) is 25.5 Å². The maximum atomic E-state index is 12.3. The third kappa shape index (κ3) is 3.42. The lowest BCUT2D eigenvalue weighted by molar-refractivity contribution is -0.131. The van der Waals surface area contributed by atoms with E-state index in [1.54, 1.807) is 6.07 Å². The van der Waals surface area contributed by atoms with Crippen molar-refractivity contribution in [1.29, 1.82) is 0 Å². The normalized spacial score (nSPS) is 22.1. The van der Waals surface area contributed by atoms with E-state index in [9.17, 15) is 9.59 Å². The van der Waals surface area contributed by atoms with Gasteiger partial charge < -0.3 is 15.2 Å². The molecule has 2 rings (SSSR count). The highest BCUT2D eigenvalue weighted by atomic mass is 16.5. The fourth-order valence-corrected chi connectivity index (χ4v) is 2.01. The number of carboxylic acids is 1. The molecule has 106 valence electrons. The number of carbonyl (C=O) groups is 2. The van der Waals surface area contributed by atoms with Gasteiger partial charge in [-0.3, -0.25) is 9.78 Å². The van der Waals surface area contributed by atoms with E-state index in [0.717, 1.165) is 12.5 Å². The van der Waals surface area contributed by atoms with Gasteiger partial charge in [-0.15, -0.1) is 0 Å². The molecule has 1 saturated heterocycles. The van der Waals surface area contributed by atoms with Crippen molar-refractivity contribution in [2.45, 2.75) is 18.9 Å². The summed E-state index contributed by atoms with van der Waals surface area (Å²) < 4.78 is 5.29. The molecule has 1 aromatic heterocycles. The first kappa shape index (κ1) is 14.2. The number of carboxylic acid groups (broad SMARTS) is 1. The van der Waals surface area contributed by atoms with E-state index in [1.807, 2.05) is 6.92 Å². The Morgan fingerprint density at radius 2 is 2.35 bits per heavy atom. The molecule has 0 aliphatic carbocycles. The second-order valence-corrected chi connectivity index (χ2v) is 4.95. The SMILES string of the molecule is CC1(NC(=O)c2ccncc2/C=C/C(=O)O)CCOC1. The molecule has 2 N–H and O–H groups in total. The first-order chi connectivity index (χ1) is 9.50. The number of carbonyl (C=O) groups excluding carboxylic acids is 1. The van der Waals surface area contributed by atoms with Gasteiger partial charge in [0.2, 0.25) is 0 Å². The van der Waals surface area contributed by atoms with Gasteiger partial charge in [-0.1, -0.05) is 0 Å². The van der Waals surface area contributed by atoms with Crippen LogP contribution in [0.2, 0.25) is 0 Å². The van der Waals surface area contributed by atoms with Gasteiger partial charge >= 0.3 is 5.97 Å². The molecule has 0 bridgehead atoms. The standard InChI is InChI=1S/C14H16N2O4/c1-14(5-7-20-9-14)16-13(19)11-4-6-15-8-10(11)2-3-12(17)18/h2-4,6,8H,5,7,9H2,1H3,(H,16,19)(H,17,18)/b3-2+. The molecular formula is C14H16N2O4. The minimum atomic E-state index is -1.07. The number of amides is 1. The molecule has 20 heavy (non-hydrogen) atoms. The number of hydrogen-bond acceptors (Lipinski definition) is 4. The van der Waals surface area contributed by atoms with Crippen LogP contribution < -0.4 is 5.32 Å². The maximum Gasteiger partial charge on any atom is 0.328 e. The quantitative estimate of drug-likeness (QED) is 0.804. The van der Waals surface area contributed by atoms with Crippen molar-refractivity contribution in [1.82, 2.24) is 10.3 Å². The van der Waals surface area contributed by atoms with Crippen LogP contribution in [0.15, 0.2) is 24.5 Å². The number of nitrogens with zero attached hydrogens (tertiary/aromatic N) is 1. The smallest absolute Gasteiger partial charge is 0.328 e. The Bertz CT molecular complexity index is 548. The molecule has 0 aromatic carbocycles. The summed E-state index contributed by atoms with van der Waals surface area (Å²) >= 11 is 0. The molecular weight excluding hydrogens is 260 g/mol. The molecule has 1 aromatic rings. The molecule has 1 aliphatic heterocycles. The molecule has 1 fully saturated rings. The van der Waals surface area contributed by atoms with Crippen LogP contribution in [0.4, 0.5) is 0 Å². The molecule has 1 unspecified atom stereocenters. The Kier molecular flexibility index (Phi) is 4.14. The van der Waals surface area contributed by atoms with Gasteiger partial charge in [-0.25, -0.2) is 4.79 Å². The van der Waals surface area contributed by atoms with Crippen molar-refractivity contribution < 1.29 is 19.4 Å². The molecule has 0 spiro atoms. The number of ether oxygens (including phenoxy) is 1. The van der Waals surface area contributed by atoms with Crippen molar-refractivity contribution >= 4 is 18.0 Å². The zero-order valence-electron chi connectivity index (χ0n) is 11.1. The van der Waals surface area contributed by atoms with Crippen LogP contribution in [0.5, 0.6) is 0 Å². The van der Waals surface area contributed by atoms with Crippen molar-refractivity contribution in [3.8, 4) is 0 Å². The van der Waals surface area contributed by atoms with E-state index in [0.29, 0.717) is 24.3 Å². The van der Waals surface area contributed by atoms with Gasteiger partial charge in [0.1, 0.15) is 0 Å². The van der Waals surface area contributed by atoms with E-state index in [-0.39, 0.29) is 11.4 Å². The van der Waals surface area contributed by atoms with E-state index in [2.05, 4.69) is 10.3 Å². The number of hydrogen-bond donors (Lipinski definition) is 2. The van der Waals surface area contributed by atoms with Gasteiger partial charge in [0.25, 0.3) is 5.91 Å². The summed E-state index contributed by atoms with van der Waals surface area (Å²) in [6.07, 6.45) is 6.05. The predicted molar refractivity (Wildman–Crippen MR) is 72.2 cm³/mol. The van der Waals surface area contributed by atoms with Crippen LogP contribution >= 0.6 is 0 Å². The average molecular weight is 276 g/mol. The second kappa shape index (κ2) is 5.83. The molecule has 1 amide bonds. The van der Waals surface area contributed by atoms with Crippen LogP contribution in [-0.2, 0) is 9.53 Å². The van der Waals surface area contributed by atoms with E-state index < -0.39 is 5.97 Å². The second-order valence-electron chi connectivity index (χ2n) is 4.95. The van der Waals surface area contributed by atoms with E-state index >= 15 is 0 Å². The van der Waals surface area contributed by atoms with E-state index in [4.69, 9.17) is 9.84 Å². The van der Waals surface area contributed by atoms with Crippen LogP contribution in [0.1, 0.15) is 29.3 Å². The highest BCUT2D eigenvalue weighted by Gasteiger charge is 2.31. The molecule has 0 saturated carbocycles. The first-order valence-electron chi connectivity index (χ1n) is 6.25. The van der Waals surface area contributed by atoms with Crippen LogP contribution in [-0.4, -0.2) is 40.7 Å². The summed E-state index contributed by atoms with van der Waals surface area (Å²) in [7, 11) is 0. The maximum absolute atomic E-state index is 12.3. The third-order valence-electron chi connectivity index (χ3n) is 3.14. The van der Waals surface area contributed by atoms with Crippen molar-refractivity contribution in [3.05, 3.63) is 35.7 Å². The highest BCUT2D eigenvalue weighted by molar-refractivity contribution is 5.99. The number of pyridine rings is 1. The summed E-state index contributed by atoms with van der Waals surface area (Å²) in [5, 5.41) is 11.6. The summed E-state index contributed by atoms with van der Waals surface area (Å²) in [6.45, 7) is 3.02. The van der Waals surface area contributed by atoms with Gasteiger partial charge in [0, 0.05) is 36.2 Å². The number of aromatic nitrogens is 1. The predicted octanol–water partition coefficient (Wildman–Crippen LogP) is 1.09. The van der Waals surface area contributed by atoms with Crippen molar-refractivity contribution in [3.63, 3.8) is 0 Å². The van der Waals surface area contributed by atoms with Crippen LogP contribution in [0.3, 0.4) is 0 Å². The third-order valence-corrected chi connectivity index (χ3v) is 3.14. The number of nitrogens with one attached hydrogen (secondary N) is 1. The van der Waals surface area contributed by atoms with E-state index in [1.165, 1.54) is 18.5 Å². The Morgan fingerprint density at radius 1 is 1.55 bits per heavy atom. The lowest BCUT2D eigenvalue weighted by atomic mass is 10.0. The Hall–Kier alpha value is -2.21. The van der Waals surface area contributed by atoms with Crippen LogP contribution in [0.25, 0.3) is 6.08 Å². The van der Waals surface area contributed by atoms with Crippen molar-refractivity contribution in [2.75, 3.05) is 13.2 Å². The van der Waals surface area contributed by atoms with Gasteiger partial charge in [0.15, 0.2) is 0 Å².